The normalized spacial score (nSPS) is 18.4. The number of nitrogens with zero attached hydrogens (tertiary/aromatic N) is 1. The largest absolute Gasteiger partial charge is 0.352 e. The van der Waals surface area contributed by atoms with Crippen molar-refractivity contribution in [2.24, 2.45) is 5.92 Å². The first-order valence-corrected chi connectivity index (χ1v) is 7.64. The Balaban J connectivity index is 1.76. The van der Waals surface area contributed by atoms with E-state index in [1.807, 2.05) is 36.1 Å². The Hall–Kier alpha value is -1.84. The van der Waals surface area contributed by atoms with E-state index in [-0.39, 0.29) is 18.2 Å². The van der Waals surface area contributed by atoms with Crippen LogP contribution in [-0.4, -0.2) is 29.8 Å². The number of carbonyl (C=O) groups excluding carboxylic acids is 2. The lowest BCUT2D eigenvalue weighted by atomic mass is 10.00. The van der Waals surface area contributed by atoms with Crippen molar-refractivity contribution in [3.63, 3.8) is 0 Å². The molecule has 2 amide bonds. The molecule has 1 heterocycles. The molecule has 1 fully saturated rings. The summed E-state index contributed by atoms with van der Waals surface area (Å²) in [5.41, 5.74) is 2.24. The Kier molecular flexibility index (Phi) is 5.37. The second-order valence-corrected chi connectivity index (χ2v) is 6.03. The summed E-state index contributed by atoms with van der Waals surface area (Å²) in [5, 5.41) is 2.81. The lowest BCUT2D eigenvalue weighted by Crippen LogP contribution is -2.41. The van der Waals surface area contributed by atoms with Gasteiger partial charge in [0.25, 0.3) is 0 Å². The van der Waals surface area contributed by atoms with Gasteiger partial charge in [-0.25, -0.2) is 0 Å². The van der Waals surface area contributed by atoms with Gasteiger partial charge >= 0.3 is 0 Å². The molecule has 21 heavy (non-hydrogen) atoms. The van der Waals surface area contributed by atoms with Crippen LogP contribution >= 0.6 is 0 Å². The summed E-state index contributed by atoms with van der Waals surface area (Å²) in [7, 11) is 0. The third-order valence-electron chi connectivity index (χ3n) is 3.93. The summed E-state index contributed by atoms with van der Waals surface area (Å²) in [6.45, 7) is 6.22. The molecule has 1 unspecified atom stereocenters. The van der Waals surface area contributed by atoms with E-state index in [2.05, 4.69) is 12.2 Å². The Labute approximate surface area is 126 Å². The number of likely N-dealkylation sites (tertiary alicyclic amines) is 1. The van der Waals surface area contributed by atoms with E-state index in [1.165, 1.54) is 12.0 Å². The van der Waals surface area contributed by atoms with Gasteiger partial charge in [0.2, 0.25) is 11.8 Å². The fourth-order valence-electron chi connectivity index (χ4n) is 2.63. The summed E-state index contributed by atoms with van der Waals surface area (Å²) < 4.78 is 0. The molecule has 4 nitrogen and oxygen atoms in total. The predicted octanol–water partition coefficient (Wildman–Crippen LogP) is 2.26. The van der Waals surface area contributed by atoms with Crippen LogP contribution in [-0.2, 0) is 16.1 Å². The summed E-state index contributed by atoms with van der Waals surface area (Å²) in [4.78, 5) is 25.8. The monoisotopic (exact) mass is 288 g/mol. The third-order valence-corrected chi connectivity index (χ3v) is 3.93. The average molecular weight is 288 g/mol. The molecule has 1 N–H and O–H groups in total. The minimum Gasteiger partial charge on any atom is -0.352 e. The first-order chi connectivity index (χ1) is 10.0. The van der Waals surface area contributed by atoms with E-state index in [4.69, 9.17) is 0 Å². The van der Waals surface area contributed by atoms with Crippen molar-refractivity contribution in [3.8, 4) is 0 Å². The molecule has 0 radical (unpaired) electrons. The zero-order valence-electron chi connectivity index (χ0n) is 12.9. The molecule has 1 saturated heterocycles. The number of benzene rings is 1. The Bertz CT molecular complexity index is 496. The number of aryl methyl sites for hydroxylation is 1. The SMILES string of the molecule is Cc1ccc(CNC(=O)CC(=O)N2CCCC(C)C2)cc1. The van der Waals surface area contributed by atoms with Crippen molar-refractivity contribution in [1.29, 1.82) is 0 Å². The van der Waals surface area contributed by atoms with Crippen LogP contribution in [0.1, 0.15) is 37.3 Å². The molecule has 0 spiro atoms. The number of amides is 2. The van der Waals surface area contributed by atoms with Gasteiger partial charge in [-0.3, -0.25) is 9.59 Å². The molecule has 1 aliphatic heterocycles. The van der Waals surface area contributed by atoms with Gasteiger partial charge in [0.05, 0.1) is 0 Å². The highest BCUT2D eigenvalue weighted by molar-refractivity contribution is 5.96. The number of hydrogen-bond acceptors (Lipinski definition) is 2. The zero-order chi connectivity index (χ0) is 15.2. The van der Waals surface area contributed by atoms with Crippen molar-refractivity contribution < 1.29 is 9.59 Å². The van der Waals surface area contributed by atoms with Gasteiger partial charge in [0, 0.05) is 19.6 Å². The first kappa shape index (κ1) is 15.5. The smallest absolute Gasteiger partial charge is 0.232 e. The minimum absolute atomic E-state index is 0.0431. The molecule has 1 aromatic carbocycles. The Morgan fingerprint density at radius 3 is 2.67 bits per heavy atom. The first-order valence-electron chi connectivity index (χ1n) is 7.64. The zero-order valence-corrected chi connectivity index (χ0v) is 12.9. The van der Waals surface area contributed by atoms with Crippen molar-refractivity contribution >= 4 is 11.8 Å². The molecule has 0 saturated carbocycles. The van der Waals surface area contributed by atoms with Crippen molar-refractivity contribution in [3.05, 3.63) is 35.4 Å². The second-order valence-electron chi connectivity index (χ2n) is 6.03. The van der Waals surface area contributed by atoms with Crippen LogP contribution < -0.4 is 5.32 Å². The maximum absolute atomic E-state index is 12.1. The number of carbonyl (C=O) groups is 2. The van der Waals surface area contributed by atoms with Gasteiger partial charge in [-0.1, -0.05) is 36.8 Å². The third kappa shape index (κ3) is 4.88. The summed E-state index contributed by atoms with van der Waals surface area (Å²) in [6, 6.07) is 8.01. The fraction of sp³-hybridized carbons (Fsp3) is 0.529. The standard InChI is InChI=1S/C17H24N2O2/c1-13-5-7-15(8-6-13)11-18-16(20)10-17(21)19-9-3-4-14(2)12-19/h5-8,14H,3-4,9-12H2,1-2H3,(H,18,20). The van der Waals surface area contributed by atoms with Gasteiger partial charge in [-0.15, -0.1) is 0 Å². The lowest BCUT2D eigenvalue weighted by molar-refractivity contribution is -0.137. The van der Waals surface area contributed by atoms with Crippen LogP contribution in [0.15, 0.2) is 24.3 Å². The Morgan fingerprint density at radius 1 is 1.29 bits per heavy atom. The topological polar surface area (TPSA) is 49.4 Å². The van der Waals surface area contributed by atoms with Crippen molar-refractivity contribution in [2.45, 2.75) is 39.7 Å². The molecule has 1 aliphatic rings. The number of rotatable bonds is 4. The summed E-state index contributed by atoms with van der Waals surface area (Å²) in [6.07, 6.45) is 2.17. The second kappa shape index (κ2) is 7.25. The van der Waals surface area contributed by atoms with Gasteiger partial charge in [-0.2, -0.15) is 0 Å². The van der Waals surface area contributed by atoms with E-state index in [9.17, 15) is 9.59 Å². The molecule has 0 aliphatic carbocycles. The van der Waals surface area contributed by atoms with Gasteiger partial charge < -0.3 is 10.2 Å². The van der Waals surface area contributed by atoms with E-state index in [0.717, 1.165) is 25.1 Å². The minimum atomic E-state index is -0.196. The van der Waals surface area contributed by atoms with Crippen molar-refractivity contribution in [2.75, 3.05) is 13.1 Å². The lowest BCUT2D eigenvalue weighted by Gasteiger charge is -2.30. The number of nitrogens with one attached hydrogen (secondary N) is 1. The van der Waals surface area contributed by atoms with E-state index >= 15 is 0 Å². The van der Waals surface area contributed by atoms with Crippen LogP contribution in [0.4, 0.5) is 0 Å². The van der Waals surface area contributed by atoms with E-state index in [0.29, 0.717) is 12.5 Å². The van der Waals surface area contributed by atoms with Gasteiger partial charge in [0.1, 0.15) is 6.42 Å². The molecule has 0 bridgehead atoms. The maximum Gasteiger partial charge on any atom is 0.232 e. The molecule has 2 rings (SSSR count). The highest BCUT2D eigenvalue weighted by Crippen LogP contribution is 2.16. The number of piperidine rings is 1. The molecule has 1 atom stereocenters. The highest BCUT2D eigenvalue weighted by Gasteiger charge is 2.22. The van der Waals surface area contributed by atoms with Crippen LogP contribution in [0.5, 0.6) is 0 Å². The van der Waals surface area contributed by atoms with Gasteiger partial charge in [0.15, 0.2) is 0 Å². The summed E-state index contributed by atoms with van der Waals surface area (Å²) in [5.74, 6) is 0.292. The summed E-state index contributed by atoms with van der Waals surface area (Å²) >= 11 is 0. The van der Waals surface area contributed by atoms with Gasteiger partial charge in [-0.05, 0) is 31.2 Å². The molecule has 0 aromatic heterocycles. The van der Waals surface area contributed by atoms with Crippen molar-refractivity contribution in [1.82, 2.24) is 10.2 Å². The Morgan fingerprint density at radius 2 is 2.00 bits per heavy atom. The highest BCUT2D eigenvalue weighted by atomic mass is 16.2. The van der Waals surface area contributed by atoms with Crippen LogP contribution in [0.3, 0.4) is 0 Å². The quantitative estimate of drug-likeness (QED) is 0.864. The molecule has 114 valence electrons. The number of hydrogen-bond donors (Lipinski definition) is 1. The fourth-order valence-corrected chi connectivity index (χ4v) is 2.63. The average Bonchev–Trinajstić information content (AvgIpc) is 2.46. The molecular weight excluding hydrogens is 264 g/mol. The molecule has 1 aromatic rings. The predicted molar refractivity (Wildman–Crippen MR) is 82.6 cm³/mol. The van der Waals surface area contributed by atoms with Crippen LogP contribution in [0, 0.1) is 12.8 Å². The van der Waals surface area contributed by atoms with E-state index < -0.39 is 0 Å². The van der Waals surface area contributed by atoms with Crippen LogP contribution in [0.2, 0.25) is 0 Å². The molecule has 4 heteroatoms. The van der Waals surface area contributed by atoms with E-state index in [1.54, 1.807) is 0 Å². The van der Waals surface area contributed by atoms with Crippen LogP contribution in [0.25, 0.3) is 0 Å². The molecular formula is C17H24N2O2. The maximum atomic E-state index is 12.1.